The van der Waals surface area contributed by atoms with Gasteiger partial charge in [-0.1, -0.05) is 6.07 Å². The van der Waals surface area contributed by atoms with Crippen molar-refractivity contribution in [2.75, 3.05) is 0 Å². The lowest BCUT2D eigenvalue weighted by molar-refractivity contribution is 0.356. The summed E-state index contributed by atoms with van der Waals surface area (Å²) in [6, 6.07) is 6.76. The van der Waals surface area contributed by atoms with E-state index in [2.05, 4.69) is 15.4 Å². The summed E-state index contributed by atoms with van der Waals surface area (Å²) in [4.78, 5) is 4.18. The first-order chi connectivity index (χ1) is 9.76. The normalized spacial score (nSPS) is 17.5. The van der Waals surface area contributed by atoms with E-state index >= 15 is 0 Å². The topological polar surface area (TPSA) is 66.5 Å². The van der Waals surface area contributed by atoms with Gasteiger partial charge in [0.25, 0.3) is 0 Å². The molecule has 102 valence electrons. The average Bonchev–Trinajstić information content (AvgIpc) is 2.93. The molecule has 0 bridgehead atoms. The van der Waals surface area contributed by atoms with Crippen LogP contribution in [0.15, 0.2) is 24.5 Å². The van der Waals surface area contributed by atoms with Gasteiger partial charge >= 0.3 is 0 Å². The smallest absolute Gasteiger partial charge is 0.138 e. The van der Waals surface area contributed by atoms with Gasteiger partial charge in [0.15, 0.2) is 0 Å². The third-order valence-corrected chi connectivity index (χ3v) is 3.57. The molecule has 20 heavy (non-hydrogen) atoms. The van der Waals surface area contributed by atoms with Gasteiger partial charge in [0, 0.05) is 24.6 Å². The predicted octanol–water partition coefficient (Wildman–Crippen LogP) is 1.39. The van der Waals surface area contributed by atoms with Crippen LogP contribution in [0.5, 0.6) is 0 Å². The lowest BCUT2D eigenvalue weighted by Gasteiger charge is -2.23. The van der Waals surface area contributed by atoms with E-state index in [-0.39, 0.29) is 11.9 Å². The number of rotatable bonds is 3. The molecule has 1 atom stereocenters. The molecule has 2 heterocycles. The van der Waals surface area contributed by atoms with Crippen molar-refractivity contribution < 1.29 is 4.39 Å². The van der Waals surface area contributed by atoms with E-state index in [1.54, 1.807) is 18.5 Å². The monoisotopic (exact) mass is 271 g/mol. The lowest BCUT2D eigenvalue weighted by Crippen LogP contribution is -2.37. The maximum absolute atomic E-state index is 13.8. The van der Waals surface area contributed by atoms with Crippen LogP contribution in [-0.2, 0) is 19.5 Å². The van der Waals surface area contributed by atoms with Crippen molar-refractivity contribution in [1.82, 2.24) is 20.1 Å². The number of aromatic nitrogens is 3. The van der Waals surface area contributed by atoms with Crippen molar-refractivity contribution >= 4 is 0 Å². The molecule has 1 aliphatic heterocycles. The summed E-state index contributed by atoms with van der Waals surface area (Å²) in [6.45, 7) is 1.21. The Bertz CT molecular complexity index is 658. The zero-order valence-electron chi connectivity index (χ0n) is 10.9. The van der Waals surface area contributed by atoms with Crippen LogP contribution in [-0.4, -0.2) is 20.8 Å². The summed E-state index contributed by atoms with van der Waals surface area (Å²) >= 11 is 0. The largest absolute Gasteiger partial charge is 0.308 e. The van der Waals surface area contributed by atoms with Crippen LogP contribution in [0.25, 0.3) is 0 Å². The van der Waals surface area contributed by atoms with Gasteiger partial charge in [-0.15, -0.1) is 0 Å². The molecule has 0 aliphatic carbocycles. The van der Waals surface area contributed by atoms with E-state index in [1.165, 1.54) is 6.07 Å². The first-order valence-corrected chi connectivity index (χ1v) is 6.55. The third-order valence-electron chi connectivity index (χ3n) is 3.57. The van der Waals surface area contributed by atoms with Gasteiger partial charge in [-0.25, -0.2) is 14.1 Å². The number of fused-ring (bicyclic) bond motifs is 1. The molecule has 0 amide bonds. The van der Waals surface area contributed by atoms with Gasteiger partial charge in [0.1, 0.15) is 18.0 Å². The van der Waals surface area contributed by atoms with Gasteiger partial charge in [-0.2, -0.15) is 10.4 Å². The summed E-state index contributed by atoms with van der Waals surface area (Å²) in [5, 5.41) is 16.2. The van der Waals surface area contributed by atoms with Crippen LogP contribution in [0.3, 0.4) is 0 Å². The molecule has 1 aromatic carbocycles. The van der Waals surface area contributed by atoms with E-state index < -0.39 is 0 Å². The minimum Gasteiger partial charge on any atom is -0.308 e. The number of aryl methyl sites for hydroxylation is 1. The molecule has 3 rings (SSSR count). The molecule has 1 aromatic heterocycles. The molecule has 0 unspecified atom stereocenters. The summed E-state index contributed by atoms with van der Waals surface area (Å²) in [7, 11) is 0. The Hall–Kier alpha value is -2.26. The van der Waals surface area contributed by atoms with Crippen molar-refractivity contribution in [3.05, 3.63) is 47.3 Å². The summed E-state index contributed by atoms with van der Waals surface area (Å²) in [5.41, 5.74) is 0.921. The molecule has 0 saturated heterocycles. The van der Waals surface area contributed by atoms with Gasteiger partial charge in [0.2, 0.25) is 0 Å². The van der Waals surface area contributed by atoms with E-state index in [0.717, 1.165) is 25.2 Å². The second-order valence-electron chi connectivity index (χ2n) is 4.89. The van der Waals surface area contributed by atoms with Crippen molar-refractivity contribution in [2.45, 2.75) is 32.0 Å². The van der Waals surface area contributed by atoms with Crippen molar-refractivity contribution in [3.63, 3.8) is 0 Å². The molecule has 1 N–H and O–H groups in total. The molecular weight excluding hydrogens is 257 g/mol. The van der Waals surface area contributed by atoms with Gasteiger partial charge in [0.05, 0.1) is 18.2 Å². The molecule has 0 fully saturated rings. The Kier molecular flexibility index (Phi) is 3.44. The standard InChI is InChI=1S/C14H14FN5/c15-13-5-10(6-16)1-2-11(13)7-17-12-3-4-14-18-9-19-20(14)8-12/h1-2,5,9,12,17H,3-4,7-8H2/t12-/m1/s1. The summed E-state index contributed by atoms with van der Waals surface area (Å²) in [5.74, 6) is 0.668. The summed E-state index contributed by atoms with van der Waals surface area (Å²) < 4.78 is 15.6. The molecular formula is C14H14FN5. The first-order valence-electron chi connectivity index (χ1n) is 6.55. The SMILES string of the molecule is N#Cc1ccc(CN[C@@H]2CCc3ncnn3C2)c(F)c1. The van der Waals surface area contributed by atoms with Crippen LogP contribution in [0.1, 0.15) is 23.4 Å². The molecule has 6 heteroatoms. The molecule has 0 saturated carbocycles. The minimum absolute atomic E-state index is 0.263. The highest BCUT2D eigenvalue weighted by molar-refractivity contribution is 5.32. The Morgan fingerprint density at radius 2 is 2.40 bits per heavy atom. The Labute approximate surface area is 116 Å². The number of benzene rings is 1. The fourth-order valence-electron chi connectivity index (χ4n) is 2.42. The second-order valence-corrected chi connectivity index (χ2v) is 4.89. The van der Waals surface area contributed by atoms with E-state index in [9.17, 15) is 4.39 Å². The third kappa shape index (κ3) is 2.53. The molecule has 0 spiro atoms. The molecule has 0 radical (unpaired) electrons. The molecule has 2 aromatic rings. The molecule has 1 aliphatic rings. The highest BCUT2D eigenvalue weighted by atomic mass is 19.1. The predicted molar refractivity (Wildman–Crippen MR) is 70.1 cm³/mol. The van der Waals surface area contributed by atoms with Crippen molar-refractivity contribution in [2.24, 2.45) is 0 Å². The number of halogens is 1. The van der Waals surface area contributed by atoms with E-state index in [0.29, 0.717) is 17.7 Å². The van der Waals surface area contributed by atoms with Crippen LogP contribution in [0, 0.1) is 17.1 Å². The maximum Gasteiger partial charge on any atom is 0.138 e. The minimum atomic E-state index is -0.339. The van der Waals surface area contributed by atoms with Crippen molar-refractivity contribution in [3.8, 4) is 6.07 Å². The van der Waals surface area contributed by atoms with Gasteiger partial charge in [-0.3, -0.25) is 0 Å². The van der Waals surface area contributed by atoms with Crippen molar-refractivity contribution in [1.29, 1.82) is 5.26 Å². The summed E-state index contributed by atoms with van der Waals surface area (Å²) in [6.07, 6.45) is 3.42. The average molecular weight is 271 g/mol. The zero-order valence-corrected chi connectivity index (χ0v) is 10.9. The zero-order chi connectivity index (χ0) is 13.9. The lowest BCUT2D eigenvalue weighted by atomic mass is 10.1. The van der Waals surface area contributed by atoms with Crippen LogP contribution >= 0.6 is 0 Å². The highest BCUT2D eigenvalue weighted by Crippen LogP contribution is 2.14. The number of nitrogens with one attached hydrogen (secondary N) is 1. The number of nitriles is 1. The quantitative estimate of drug-likeness (QED) is 0.916. The van der Waals surface area contributed by atoms with Crippen LogP contribution in [0.4, 0.5) is 4.39 Å². The van der Waals surface area contributed by atoms with E-state index in [1.807, 2.05) is 10.8 Å². The highest BCUT2D eigenvalue weighted by Gasteiger charge is 2.19. The van der Waals surface area contributed by atoms with Crippen LogP contribution in [0.2, 0.25) is 0 Å². The molecule has 5 nitrogen and oxygen atoms in total. The van der Waals surface area contributed by atoms with Gasteiger partial charge < -0.3 is 5.32 Å². The maximum atomic E-state index is 13.8. The fraction of sp³-hybridized carbons (Fsp3) is 0.357. The second kappa shape index (κ2) is 5.39. The fourth-order valence-corrected chi connectivity index (χ4v) is 2.42. The Morgan fingerprint density at radius 1 is 1.50 bits per heavy atom. The van der Waals surface area contributed by atoms with Gasteiger partial charge in [-0.05, 0) is 18.6 Å². The van der Waals surface area contributed by atoms with E-state index in [4.69, 9.17) is 5.26 Å². The Morgan fingerprint density at radius 3 is 3.20 bits per heavy atom. The number of nitrogens with zero attached hydrogens (tertiary/aromatic N) is 4. The first kappa shape index (κ1) is 12.8. The van der Waals surface area contributed by atoms with Crippen LogP contribution < -0.4 is 5.32 Å². The number of hydrogen-bond acceptors (Lipinski definition) is 4. The number of hydrogen-bond donors (Lipinski definition) is 1. The Balaban J connectivity index is 1.62.